The Labute approximate surface area is 194 Å². The predicted octanol–water partition coefficient (Wildman–Crippen LogP) is 3.67. The molecule has 0 saturated carbocycles. The van der Waals surface area contributed by atoms with Gasteiger partial charge in [0.25, 0.3) is 5.91 Å². The number of rotatable bonds is 6. The molecule has 168 valence electrons. The van der Waals surface area contributed by atoms with Crippen molar-refractivity contribution in [1.29, 1.82) is 0 Å². The van der Waals surface area contributed by atoms with Crippen LogP contribution in [0.2, 0.25) is 0 Å². The lowest BCUT2D eigenvalue weighted by atomic mass is 10.1. The number of nitrogens with zero attached hydrogens (tertiary/aromatic N) is 5. The van der Waals surface area contributed by atoms with Crippen LogP contribution in [0.1, 0.15) is 16.1 Å². The van der Waals surface area contributed by atoms with Gasteiger partial charge in [-0.15, -0.1) is 0 Å². The first kappa shape index (κ1) is 21.1. The van der Waals surface area contributed by atoms with Gasteiger partial charge in [-0.2, -0.15) is 14.8 Å². The van der Waals surface area contributed by atoms with Crippen LogP contribution in [0.4, 0.5) is 5.69 Å². The van der Waals surface area contributed by atoms with Crippen LogP contribution in [-0.4, -0.2) is 48.6 Å². The van der Waals surface area contributed by atoms with E-state index in [-0.39, 0.29) is 11.8 Å². The Hall–Kier alpha value is -4.79. The van der Waals surface area contributed by atoms with Crippen LogP contribution in [-0.2, 0) is 11.3 Å². The van der Waals surface area contributed by atoms with Crippen molar-refractivity contribution in [2.45, 2.75) is 6.54 Å². The number of hydrogen-bond acceptors (Lipinski definition) is 5. The zero-order valence-corrected chi connectivity index (χ0v) is 18.4. The Kier molecular flexibility index (Phi) is 5.35. The van der Waals surface area contributed by atoms with Gasteiger partial charge < -0.3 is 15.2 Å². The van der Waals surface area contributed by atoms with Crippen molar-refractivity contribution < 1.29 is 9.59 Å². The molecule has 9 heteroatoms. The van der Waals surface area contributed by atoms with Gasteiger partial charge in [0.15, 0.2) is 0 Å². The maximum atomic E-state index is 12.9. The molecule has 2 N–H and O–H groups in total. The van der Waals surface area contributed by atoms with Gasteiger partial charge in [0, 0.05) is 47.3 Å². The zero-order valence-electron chi connectivity index (χ0n) is 18.4. The number of carbonyl (C=O) groups excluding carboxylic acids is 2. The second-order valence-corrected chi connectivity index (χ2v) is 7.80. The van der Waals surface area contributed by atoms with Gasteiger partial charge in [-0.1, -0.05) is 6.58 Å². The van der Waals surface area contributed by atoms with Crippen LogP contribution in [0.3, 0.4) is 0 Å². The number of benzene rings is 1. The third kappa shape index (κ3) is 3.90. The second kappa shape index (κ2) is 8.62. The van der Waals surface area contributed by atoms with Gasteiger partial charge in [-0.05, 0) is 60.2 Å². The summed E-state index contributed by atoms with van der Waals surface area (Å²) in [5, 5.41) is 12.2. The highest BCUT2D eigenvalue weighted by molar-refractivity contribution is 6.00. The van der Waals surface area contributed by atoms with E-state index in [1.165, 1.54) is 6.08 Å². The van der Waals surface area contributed by atoms with Crippen molar-refractivity contribution in [2.75, 3.05) is 12.4 Å². The highest BCUT2D eigenvalue weighted by Crippen LogP contribution is 2.31. The van der Waals surface area contributed by atoms with Gasteiger partial charge in [0.05, 0.1) is 18.3 Å². The van der Waals surface area contributed by atoms with Gasteiger partial charge in [0.2, 0.25) is 5.91 Å². The summed E-state index contributed by atoms with van der Waals surface area (Å²) in [6.07, 6.45) is 6.43. The molecule has 0 aliphatic heterocycles. The third-order valence-corrected chi connectivity index (χ3v) is 5.52. The minimum atomic E-state index is -0.302. The summed E-state index contributed by atoms with van der Waals surface area (Å²) >= 11 is 0. The van der Waals surface area contributed by atoms with E-state index in [0.717, 1.165) is 33.4 Å². The molecule has 4 heterocycles. The van der Waals surface area contributed by atoms with Gasteiger partial charge in [-0.25, -0.2) is 4.98 Å². The fourth-order valence-corrected chi connectivity index (χ4v) is 3.88. The number of pyridine rings is 1. The molecular formula is C25H21N7O2. The molecule has 0 atom stereocenters. The number of anilines is 1. The molecule has 0 unspecified atom stereocenters. The van der Waals surface area contributed by atoms with E-state index in [0.29, 0.717) is 17.8 Å². The van der Waals surface area contributed by atoms with Crippen LogP contribution in [0.5, 0.6) is 0 Å². The topological polar surface area (TPSA) is 108 Å². The summed E-state index contributed by atoms with van der Waals surface area (Å²) in [4.78, 5) is 33.8. The molecule has 4 aromatic heterocycles. The fraction of sp³-hybridized carbons (Fsp3) is 0.0800. The van der Waals surface area contributed by atoms with Crippen LogP contribution in [0.25, 0.3) is 27.7 Å². The van der Waals surface area contributed by atoms with Crippen molar-refractivity contribution in [3.05, 3.63) is 91.0 Å². The maximum Gasteiger partial charge on any atom is 0.253 e. The van der Waals surface area contributed by atoms with Crippen LogP contribution >= 0.6 is 0 Å². The molecule has 0 aliphatic rings. The van der Waals surface area contributed by atoms with E-state index < -0.39 is 0 Å². The molecule has 0 bridgehead atoms. The van der Waals surface area contributed by atoms with Crippen molar-refractivity contribution in [3.63, 3.8) is 0 Å². The minimum absolute atomic E-state index is 0.137. The van der Waals surface area contributed by atoms with Crippen LogP contribution in [0.15, 0.2) is 79.8 Å². The summed E-state index contributed by atoms with van der Waals surface area (Å²) in [5.74, 6) is -0.439. The summed E-state index contributed by atoms with van der Waals surface area (Å²) in [7, 11) is 1.74. The molecule has 5 aromatic rings. The maximum absolute atomic E-state index is 12.9. The van der Waals surface area contributed by atoms with Crippen LogP contribution in [0, 0.1) is 0 Å². The number of carbonyl (C=O) groups is 2. The lowest BCUT2D eigenvalue weighted by molar-refractivity contribution is -0.111. The first-order valence-electron chi connectivity index (χ1n) is 10.6. The SMILES string of the molecule is C=CC(=O)Nc1ccc(C(=O)N(C)Cc2cc3c(-c4cnn5ncccc45)ccnc3[nH]2)cc1. The predicted molar refractivity (Wildman–Crippen MR) is 129 cm³/mol. The van der Waals surface area contributed by atoms with E-state index in [4.69, 9.17) is 0 Å². The van der Waals surface area contributed by atoms with E-state index in [1.54, 1.807) is 59.4 Å². The lowest BCUT2D eigenvalue weighted by Crippen LogP contribution is -2.26. The molecule has 34 heavy (non-hydrogen) atoms. The highest BCUT2D eigenvalue weighted by Gasteiger charge is 2.16. The molecule has 0 fully saturated rings. The smallest absolute Gasteiger partial charge is 0.253 e. The first-order chi connectivity index (χ1) is 16.5. The lowest BCUT2D eigenvalue weighted by Gasteiger charge is -2.16. The normalized spacial score (nSPS) is 11.0. The van der Waals surface area contributed by atoms with Gasteiger partial charge in [0.1, 0.15) is 5.65 Å². The fourth-order valence-electron chi connectivity index (χ4n) is 3.88. The molecule has 0 saturated heterocycles. The Morgan fingerprint density at radius 2 is 1.94 bits per heavy atom. The van der Waals surface area contributed by atoms with Crippen molar-refractivity contribution in [1.82, 2.24) is 29.7 Å². The molecule has 0 spiro atoms. The molecule has 2 amide bonds. The summed E-state index contributed by atoms with van der Waals surface area (Å²) in [6, 6.07) is 14.5. The Morgan fingerprint density at radius 1 is 1.12 bits per heavy atom. The number of hydrogen-bond donors (Lipinski definition) is 2. The monoisotopic (exact) mass is 451 g/mol. The molecule has 5 rings (SSSR count). The van der Waals surface area contributed by atoms with E-state index in [2.05, 4.69) is 32.1 Å². The number of nitrogens with one attached hydrogen (secondary N) is 2. The van der Waals surface area contributed by atoms with E-state index in [9.17, 15) is 9.59 Å². The summed E-state index contributed by atoms with van der Waals surface area (Å²) < 4.78 is 1.59. The van der Waals surface area contributed by atoms with E-state index >= 15 is 0 Å². The average molecular weight is 451 g/mol. The standard InChI is InChI=1S/C25H21N7O2/c1-3-23(33)29-17-8-6-16(7-9-17)25(34)31(2)15-18-13-20-19(10-12-26-24(20)30-18)21-14-28-32-22(21)5-4-11-27-32/h3-14H,1,15H2,2H3,(H,26,30)(H,29,33). The van der Waals surface area contributed by atoms with Crippen molar-refractivity contribution in [3.8, 4) is 11.1 Å². The molecule has 1 aromatic carbocycles. The Bertz CT molecular complexity index is 1530. The van der Waals surface area contributed by atoms with Crippen molar-refractivity contribution >= 4 is 34.1 Å². The van der Waals surface area contributed by atoms with Crippen LogP contribution < -0.4 is 5.32 Å². The highest BCUT2D eigenvalue weighted by atomic mass is 16.2. The third-order valence-electron chi connectivity index (χ3n) is 5.52. The summed E-state index contributed by atoms with van der Waals surface area (Å²) in [5.41, 5.74) is 5.56. The minimum Gasteiger partial charge on any atom is -0.342 e. The van der Waals surface area contributed by atoms with Crippen molar-refractivity contribution in [2.24, 2.45) is 0 Å². The number of aromatic amines is 1. The number of fused-ring (bicyclic) bond motifs is 2. The Morgan fingerprint density at radius 3 is 2.74 bits per heavy atom. The average Bonchev–Trinajstić information content (AvgIpc) is 3.47. The van der Waals surface area contributed by atoms with Gasteiger partial charge in [-0.3, -0.25) is 9.59 Å². The number of amides is 2. The molecular weight excluding hydrogens is 430 g/mol. The summed E-state index contributed by atoms with van der Waals surface area (Å²) in [6.45, 7) is 3.80. The largest absolute Gasteiger partial charge is 0.342 e. The van der Waals surface area contributed by atoms with Gasteiger partial charge >= 0.3 is 0 Å². The molecule has 0 radical (unpaired) electrons. The number of aromatic nitrogens is 5. The second-order valence-electron chi connectivity index (χ2n) is 7.80. The molecule has 0 aliphatic carbocycles. The quantitative estimate of drug-likeness (QED) is 0.383. The zero-order chi connectivity index (χ0) is 23.7. The van der Waals surface area contributed by atoms with E-state index in [1.807, 2.05) is 24.3 Å². The molecule has 9 nitrogen and oxygen atoms in total. The Balaban J connectivity index is 1.38. The first-order valence-corrected chi connectivity index (χ1v) is 10.6. The number of H-pyrrole nitrogens is 1.